The highest BCUT2D eigenvalue weighted by Crippen LogP contribution is 2.16. The molecule has 0 saturated carbocycles. The molecule has 4 heteroatoms. The molecule has 2 rings (SSSR count). The Balaban J connectivity index is 1.77. The van der Waals surface area contributed by atoms with E-state index in [1.807, 2.05) is 25.3 Å². The van der Waals surface area contributed by atoms with Crippen LogP contribution in [0.25, 0.3) is 0 Å². The third-order valence-electron chi connectivity index (χ3n) is 2.82. The lowest BCUT2D eigenvalue weighted by Crippen LogP contribution is -2.40. The van der Waals surface area contributed by atoms with Crippen LogP contribution in [0, 0.1) is 6.92 Å². The first-order valence-electron chi connectivity index (χ1n) is 5.60. The molecule has 1 aromatic rings. The monoisotopic (exact) mass is 222 g/mol. The Morgan fingerprint density at radius 3 is 3.06 bits per heavy atom. The van der Waals surface area contributed by atoms with Crippen LogP contribution in [-0.2, 0) is 11.3 Å². The molecule has 0 bridgehead atoms. The van der Waals surface area contributed by atoms with E-state index in [1.54, 1.807) is 0 Å². The Morgan fingerprint density at radius 1 is 1.56 bits per heavy atom. The molecular weight excluding hydrogens is 204 g/mol. The summed E-state index contributed by atoms with van der Waals surface area (Å²) in [6, 6.07) is 4.04. The molecule has 88 valence electrons. The van der Waals surface area contributed by atoms with Gasteiger partial charge in [-0.2, -0.15) is 0 Å². The summed E-state index contributed by atoms with van der Waals surface area (Å²) in [6.45, 7) is 4.34. The van der Waals surface area contributed by atoms with Crippen LogP contribution in [-0.4, -0.2) is 35.5 Å². The van der Waals surface area contributed by atoms with Crippen molar-refractivity contribution in [2.75, 3.05) is 19.8 Å². The van der Waals surface area contributed by atoms with Crippen molar-refractivity contribution in [1.82, 2.24) is 10.3 Å². The first-order valence-corrected chi connectivity index (χ1v) is 5.60. The summed E-state index contributed by atoms with van der Waals surface area (Å²) in [4.78, 5) is 4.29. The lowest BCUT2D eigenvalue weighted by atomic mass is 10.0. The molecule has 0 radical (unpaired) electrons. The average Bonchev–Trinajstić information content (AvgIpc) is 2.69. The zero-order valence-corrected chi connectivity index (χ0v) is 9.57. The molecule has 16 heavy (non-hydrogen) atoms. The minimum Gasteiger partial charge on any atom is -0.386 e. The molecule has 0 spiro atoms. The van der Waals surface area contributed by atoms with Crippen molar-refractivity contribution < 1.29 is 9.84 Å². The summed E-state index contributed by atoms with van der Waals surface area (Å²) in [5, 5.41) is 13.2. The van der Waals surface area contributed by atoms with Gasteiger partial charge in [0.25, 0.3) is 0 Å². The second-order valence-corrected chi connectivity index (χ2v) is 4.46. The highest BCUT2D eigenvalue weighted by molar-refractivity contribution is 5.12. The molecule has 4 nitrogen and oxygen atoms in total. The van der Waals surface area contributed by atoms with E-state index in [1.165, 1.54) is 0 Å². The average molecular weight is 222 g/mol. The van der Waals surface area contributed by atoms with Gasteiger partial charge in [0.05, 0.1) is 12.3 Å². The SMILES string of the molecule is Cc1ccc(CNCC2(O)CCOC2)nc1. The second kappa shape index (κ2) is 4.91. The maximum atomic E-state index is 10.0. The number of hydrogen-bond donors (Lipinski definition) is 2. The quantitative estimate of drug-likeness (QED) is 0.784. The van der Waals surface area contributed by atoms with Crippen molar-refractivity contribution in [3.05, 3.63) is 29.6 Å². The van der Waals surface area contributed by atoms with Crippen molar-refractivity contribution in [1.29, 1.82) is 0 Å². The summed E-state index contributed by atoms with van der Waals surface area (Å²) in [5.74, 6) is 0. The third-order valence-corrected chi connectivity index (χ3v) is 2.82. The van der Waals surface area contributed by atoms with E-state index >= 15 is 0 Å². The predicted molar refractivity (Wildman–Crippen MR) is 61.1 cm³/mol. The van der Waals surface area contributed by atoms with Crippen molar-refractivity contribution in [2.24, 2.45) is 0 Å². The van der Waals surface area contributed by atoms with Gasteiger partial charge in [-0.3, -0.25) is 4.98 Å². The number of aliphatic hydroxyl groups is 1. The van der Waals surface area contributed by atoms with E-state index < -0.39 is 5.60 Å². The molecule has 1 aromatic heterocycles. The first-order chi connectivity index (χ1) is 7.68. The molecule has 1 saturated heterocycles. The summed E-state index contributed by atoms with van der Waals surface area (Å²) < 4.78 is 5.17. The van der Waals surface area contributed by atoms with Crippen LogP contribution in [0.5, 0.6) is 0 Å². The lowest BCUT2D eigenvalue weighted by Gasteiger charge is -2.20. The van der Waals surface area contributed by atoms with Gasteiger partial charge in [0.2, 0.25) is 0 Å². The van der Waals surface area contributed by atoms with Gasteiger partial charge in [0.1, 0.15) is 5.60 Å². The number of hydrogen-bond acceptors (Lipinski definition) is 4. The Morgan fingerprint density at radius 2 is 2.44 bits per heavy atom. The zero-order chi connectivity index (χ0) is 11.4. The number of aromatic nitrogens is 1. The van der Waals surface area contributed by atoms with E-state index in [2.05, 4.69) is 10.3 Å². The van der Waals surface area contributed by atoms with E-state index in [0.29, 0.717) is 32.7 Å². The van der Waals surface area contributed by atoms with Crippen molar-refractivity contribution >= 4 is 0 Å². The Hall–Kier alpha value is -0.970. The van der Waals surface area contributed by atoms with Gasteiger partial charge >= 0.3 is 0 Å². The van der Waals surface area contributed by atoms with E-state index in [4.69, 9.17) is 4.74 Å². The van der Waals surface area contributed by atoms with E-state index in [0.717, 1.165) is 11.3 Å². The summed E-state index contributed by atoms with van der Waals surface area (Å²) in [7, 11) is 0. The van der Waals surface area contributed by atoms with Crippen LogP contribution < -0.4 is 5.32 Å². The molecular formula is C12H18N2O2. The van der Waals surface area contributed by atoms with Crippen molar-refractivity contribution in [3.8, 4) is 0 Å². The standard InChI is InChI=1S/C12H18N2O2/c1-10-2-3-11(14-6-10)7-13-8-12(15)4-5-16-9-12/h2-3,6,13,15H,4-5,7-9H2,1H3. The number of nitrogens with zero attached hydrogens (tertiary/aromatic N) is 1. The van der Waals surface area contributed by atoms with E-state index in [9.17, 15) is 5.11 Å². The largest absolute Gasteiger partial charge is 0.386 e. The molecule has 0 amide bonds. The minimum atomic E-state index is -0.690. The number of aryl methyl sites for hydroxylation is 1. The number of rotatable bonds is 4. The fourth-order valence-corrected chi connectivity index (χ4v) is 1.76. The third kappa shape index (κ3) is 3.01. The van der Waals surface area contributed by atoms with Crippen LogP contribution >= 0.6 is 0 Å². The minimum absolute atomic E-state index is 0.432. The first kappa shape index (κ1) is 11.5. The molecule has 1 atom stereocenters. The Kier molecular flexibility index (Phi) is 3.53. The van der Waals surface area contributed by atoms with E-state index in [-0.39, 0.29) is 0 Å². The number of nitrogens with one attached hydrogen (secondary N) is 1. The van der Waals surface area contributed by atoms with Crippen molar-refractivity contribution in [2.45, 2.75) is 25.5 Å². The lowest BCUT2D eigenvalue weighted by molar-refractivity contribution is 0.0268. The van der Waals surface area contributed by atoms with Gasteiger partial charge < -0.3 is 15.2 Å². The van der Waals surface area contributed by atoms with Gasteiger partial charge in [-0.1, -0.05) is 6.07 Å². The summed E-state index contributed by atoms with van der Waals surface area (Å²) in [6.07, 6.45) is 2.56. The molecule has 1 fully saturated rings. The summed E-state index contributed by atoms with van der Waals surface area (Å²) in [5.41, 5.74) is 1.46. The zero-order valence-electron chi connectivity index (χ0n) is 9.57. The van der Waals surface area contributed by atoms with Crippen LogP contribution in [0.15, 0.2) is 18.3 Å². The fraction of sp³-hybridized carbons (Fsp3) is 0.583. The molecule has 2 heterocycles. The van der Waals surface area contributed by atoms with Gasteiger partial charge in [-0.25, -0.2) is 0 Å². The predicted octanol–water partition coefficient (Wildman–Crippen LogP) is 0.631. The molecule has 2 N–H and O–H groups in total. The maximum absolute atomic E-state index is 10.0. The maximum Gasteiger partial charge on any atom is 0.103 e. The van der Waals surface area contributed by atoms with Gasteiger partial charge in [-0.05, 0) is 18.6 Å². The molecule has 0 aromatic carbocycles. The Bertz CT molecular complexity index is 331. The molecule has 0 aliphatic carbocycles. The smallest absolute Gasteiger partial charge is 0.103 e. The molecule has 1 unspecified atom stereocenters. The number of pyridine rings is 1. The van der Waals surface area contributed by atoms with Crippen LogP contribution in [0.4, 0.5) is 0 Å². The van der Waals surface area contributed by atoms with Crippen molar-refractivity contribution in [3.63, 3.8) is 0 Å². The van der Waals surface area contributed by atoms with Crippen LogP contribution in [0.3, 0.4) is 0 Å². The highest BCUT2D eigenvalue weighted by atomic mass is 16.5. The second-order valence-electron chi connectivity index (χ2n) is 4.46. The highest BCUT2D eigenvalue weighted by Gasteiger charge is 2.31. The topological polar surface area (TPSA) is 54.4 Å². The van der Waals surface area contributed by atoms with Crippen LogP contribution in [0.2, 0.25) is 0 Å². The van der Waals surface area contributed by atoms with Gasteiger partial charge in [-0.15, -0.1) is 0 Å². The normalized spacial score (nSPS) is 24.9. The molecule has 1 aliphatic rings. The number of ether oxygens (including phenoxy) is 1. The Labute approximate surface area is 95.7 Å². The van der Waals surface area contributed by atoms with Gasteiger partial charge in [0.15, 0.2) is 0 Å². The van der Waals surface area contributed by atoms with Gasteiger partial charge in [0, 0.05) is 32.3 Å². The summed E-state index contributed by atoms with van der Waals surface area (Å²) >= 11 is 0. The fourth-order valence-electron chi connectivity index (χ4n) is 1.76. The molecule has 1 aliphatic heterocycles. The van der Waals surface area contributed by atoms with Crippen LogP contribution in [0.1, 0.15) is 17.7 Å².